The van der Waals surface area contributed by atoms with Gasteiger partial charge in [0.25, 0.3) is 0 Å². The van der Waals surface area contributed by atoms with E-state index in [9.17, 15) is 18.4 Å². The molecule has 0 unspecified atom stereocenters. The lowest BCUT2D eigenvalue weighted by atomic mass is 9.92. The summed E-state index contributed by atoms with van der Waals surface area (Å²) < 4.78 is 38.4. The Morgan fingerprint density at radius 1 is 1.08 bits per heavy atom. The monoisotopic (exact) mass is 339 g/mol. The highest BCUT2D eigenvalue weighted by Gasteiger charge is 2.38. The molecule has 1 aromatic carbocycles. The summed E-state index contributed by atoms with van der Waals surface area (Å²) in [6, 6.07) is 3.37. The van der Waals surface area contributed by atoms with Crippen molar-refractivity contribution in [3.05, 3.63) is 46.8 Å². The average molecular weight is 339 g/mol. The van der Waals surface area contributed by atoms with Gasteiger partial charge in [0.1, 0.15) is 11.6 Å². The van der Waals surface area contributed by atoms with Crippen molar-refractivity contribution in [1.29, 1.82) is 0 Å². The molecule has 0 saturated heterocycles. The second-order valence-corrected chi connectivity index (χ2v) is 5.34. The zero-order chi connectivity index (χ0) is 18.1. The van der Waals surface area contributed by atoms with Gasteiger partial charge in [-0.15, -0.1) is 5.10 Å². The molecule has 2 aromatic rings. The van der Waals surface area contributed by atoms with Crippen LogP contribution in [0.4, 0.5) is 8.78 Å². The lowest BCUT2D eigenvalue weighted by Crippen LogP contribution is -2.34. The predicted octanol–water partition coefficient (Wildman–Crippen LogP) is 1.91. The maximum Gasteiger partial charge on any atom is 0.361 e. The average Bonchev–Trinajstić information content (AvgIpc) is 2.98. The second kappa shape index (κ2) is 6.34. The van der Waals surface area contributed by atoms with E-state index in [0.717, 1.165) is 31.0 Å². The van der Waals surface area contributed by atoms with Gasteiger partial charge in [-0.2, -0.15) is 0 Å². The van der Waals surface area contributed by atoms with Crippen LogP contribution in [0.25, 0.3) is 0 Å². The normalized spacial score (nSPS) is 11.2. The van der Waals surface area contributed by atoms with Crippen molar-refractivity contribution in [2.24, 2.45) is 0 Å². The molecule has 0 saturated carbocycles. The van der Waals surface area contributed by atoms with Gasteiger partial charge in [-0.05, 0) is 26.0 Å². The first-order chi connectivity index (χ1) is 11.3. The van der Waals surface area contributed by atoms with Crippen molar-refractivity contribution in [1.82, 2.24) is 15.0 Å². The smallest absolute Gasteiger partial charge is 0.361 e. The number of halogens is 2. The van der Waals surface area contributed by atoms with Crippen molar-refractivity contribution < 1.29 is 27.8 Å². The van der Waals surface area contributed by atoms with Gasteiger partial charge in [-0.25, -0.2) is 23.1 Å². The van der Waals surface area contributed by atoms with Gasteiger partial charge in [0.05, 0.1) is 25.3 Å². The molecule has 0 bridgehead atoms. The minimum absolute atomic E-state index is 0.337. The van der Waals surface area contributed by atoms with Gasteiger partial charge < -0.3 is 9.47 Å². The van der Waals surface area contributed by atoms with Crippen molar-refractivity contribution in [3.63, 3.8) is 0 Å². The highest BCUT2D eigenvalue weighted by atomic mass is 19.1. The summed E-state index contributed by atoms with van der Waals surface area (Å²) >= 11 is 0. The Balaban J connectivity index is 2.73. The van der Waals surface area contributed by atoms with Crippen LogP contribution in [-0.2, 0) is 15.0 Å². The predicted molar refractivity (Wildman–Crippen MR) is 77.5 cm³/mol. The van der Waals surface area contributed by atoms with E-state index >= 15 is 0 Å². The van der Waals surface area contributed by atoms with Crippen LogP contribution in [0.5, 0.6) is 0 Å². The number of esters is 2. The van der Waals surface area contributed by atoms with Crippen molar-refractivity contribution in [2.75, 3.05) is 14.2 Å². The summed E-state index contributed by atoms with van der Waals surface area (Å²) in [7, 11) is 2.20. The van der Waals surface area contributed by atoms with Crippen LogP contribution in [0.15, 0.2) is 18.2 Å². The topological polar surface area (TPSA) is 83.3 Å². The number of rotatable bonds is 4. The number of benzene rings is 1. The minimum Gasteiger partial charge on any atom is -0.464 e. The number of hydrogen-bond acceptors (Lipinski definition) is 6. The first kappa shape index (κ1) is 17.5. The Kier molecular flexibility index (Phi) is 4.63. The van der Waals surface area contributed by atoms with Gasteiger partial charge in [0.15, 0.2) is 5.69 Å². The second-order valence-electron chi connectivity index (χ2n) is 5.34. The van der Waals surface area contributed by atoms with Crippen LogP contribution in [0, 0.1) is 11.6 Å². The Morgan fingerprint density at radius 3 is 2.12 bits per heavy atom. The van der Waals surface area contributed by atoms with E-state index in [1.807, 2.05) is 0 Å². The van der Waals surface area contributed by atoms with E-state index in [4.69, 9.17) is 0 Å². The van der Waals surface area contributed by atoms with Crippen LogP contribution < -0.4 is 0 Å². The molecule has 128 valence electrons. The summed E-state index contributed by atoms with van der Waals surface area (Å²) in [5.74, 6) is -3.52. The number of nitrogens with zero attached hydrogens (tertiary/aromatic N) is 3. The van der Waals surface area contributed by atoms with Crippen molar-refractivity contribution in [3.8, 4) is 0 Å². The van der Waals surface area contributed by atoms with E-state index < -0.39 is 34.8 Å². The Morgan fingerprint density at radius 2 is 1.62 bits per heavy atom. The van der Waals surface area contributed by atoms with E-state index in [0.29, 0.717) is 0 Å². The third-order valence-corrected chi connectivity index (χ3v) is 3.53. The van der Waals surface area contributed by atoms with E-state index in [1.165, 1.54) is 19.9 Å². The molecule has 0 amide bonds. The first-order valence-corrected chi connectivity index (χ1v) is 6.83. The van der Waals surface area contributed by atoms with Gasteiger partial charge in [0, 0.05) is 0 Å². The quantitative estimate of drug-likeness (QED) is 0.791. The van der Waals surface area contributed by atoms with Crippen LogP contribution >= 0.6 is 0 Å². The molecule has 0 aliphatic carbocycles. The highest BCUT2D eigenvalue weighted by Crippen LogP contribution is 2.31. The number of methoxy groups -OCH3 is 2. The molecule has 0 N–H and O–H groups in total. The van der Waals surface area contributed by atoms with E-state index in [2.05, 4.69) is 19.8 Å². The third-order valence-electron chi connectivity index (χ3n) is 3.53. The molecule has 24 heavy (non-hydrogen) atoms. The first-order valence-electron chi connectivity index (χ1n) is 6.83. The fourth-order valence-electron chi connectivity index (χ4n) is 2.38. The molecular formula is C15H15F2N3O4. The molecule has 1 heterocycles. The van der Waals surface area contributed by atoms with E-state index in [-0.39, 0.29) is 11.3 Å². The molecule has 9 heteroatoms. The highest BCUT2D eigenvalue weighted by molar-refractivity contribution is 6.00. The van der Waals surface area contributed by atoms with Crippen LogP contribution in [0.2, 0.25) is 0 Å². The summed E-state index contributed by atoms with van der Waals surface area (Å²) in [6.45, 7) is 2.85. The fraction of sp³-hybridized carbons (Fsp3) is 0.333. The fourth-order valence-corrected chi connectivity index (χ4v) is 2.38. The number of hydrogen-bond donors (Lipinski definition) is 0. The molecule has 1 aromatic heterocycles. The van der Waals surface area contributed by atoms with Crippen LogP contribution in [0.1, 0.15) is 40.4 Å². The Hall–Kier alpha value is -2.84. The SMILES string of the molecule is COC(=O)c1nnn(C(C)(C)c2c(F)cccc2F)c1C(=O)OC. The van der Waals surface area contributed by atoms with Gasteiger partial charge in [-0.1, -0.05) is 11.3 Å². The zero-order valence-corrected chi connectivity index (χ0v) is 13.5. The largest absolute Gasteiger partial charge is 0.464 e. The van der Waals surface area contributed by atoms with E-state index in [1.54, 1.807) is 0 Å². The number of carbonyl (C=O) groups excluding carboxylic acids is 2. The molecule has 0 aliphatic rings. The summed E-state index contributed by atoms with van der Waals surface area (Å²) in [5, 5.41) is 7.32. The third kappa shape index (κ3) is 2.72. The Bertz CT molecular complexity index is 782. The molecule has 0 atom stereocenters. The molecule has 2 rings (SSSR count). The number of aromatic nitrogens is 3. The number of carbonyl (C=O) groups is 2. The standard InChI is InChI=1S/C15H15F2N3O4/c1-15(2,10-8(16)6-5-7-9(10)17)20-12(14(22)24-4)11(18-19-20)13(21)23-3/h5-7H,1-4H3. The molecule has 0 aliphatic heterocycles. The molecular weight excluding hydrogens is 324 g/mol. The van der Waals surface area contributed by atoms with Crippen molar-refractivity contribution >= 4 is 11.9 Å². The molecule has 7 nitrogen and oxygen atoms in total. The summed E-state index contributed by atoms with van der Waals surface area (Å²) in [6.07, 6.45) is 0. The lowest BCUT2D eigenvalue weighted by molar-refractivity contribution is 0.0539. The van der Waals surface area contributed by atoms with Gasteiger partial charge in [-0.3, -0.25) is 0 Å². The van der Waals surface area contributed by atoms with Crippen molar-refractivity contribution in [2.45, 2.75) is 19.4 Å². The maximum absolute atomic E-state index is 14.2. The van der Waals surface area contributed by atoms with Crippen LogP contribution in [-0.4, -0.2) is 41.2 Å². The molecule has 0 radical (unpaired) electrons. The molecule has 0 fully saturated rings. The Labute approximate surface area is 136 Å². The van der Waals surface area contributed by atoms with Gasteiger partial charge >= 0.3 is 11.9 Å². The zero-order valence-electron chi connectivity index (χ0n) is 13.5. The maximum atomic E-state index is 14.2. The molecule has 0 spiro atoms. The summed E-state index contributed by atoms with van der Waals surface area (Å²) in [5.41, 5.74) is -2.58. The lowest BCUT2D eigenvalue weighted by Gasteiger charge is -2.27. The van der Waals surface area contributed by atoms with Crippen LogP contribution in [0.3, 0.4) is 0 Å². The van der Waals surface area contributed by atoms with Gasteiger partial charge in [0.2, 0.25) is 5.69 Å². The number of ether oxygens (including phenoxy) is 2. The summed E-state index contributed by atoms with van der Waals surface area (Å²) in [4.78, 5) is 23.8. The minimum atomic E-state index is -1.47.